The van der Waals surface area contributed by atoms with Gasteiger partial charge in [-0.2, -0.15) is 11.8 Å². The zero-order valence-electron chi connectivity index (χ0n) is 10.9. The molecule has 0 heterocycles. The largest absolute Gasteiger partial charge is 0.311 e. The second-order valence-corrected chi connectivity index (χ2v) is 6.51. The molecule has 0 radical (unpaired) electrons. The Balaban J connectivity index is 2.43. The molecule has 0 aliphatic heterocycles. The van der Waals surface area contributed by atoms with Crippen LogP contribution >= 0.6 is 27.7 Å². The Hall–Kier alpha value is 0.01000. The summed E-state index contributed by atoms with van der Waals surface area (Å²) in [6, 6.07) is 8.52. The molecule has 0 unspecified atom stereocenters. The van der Waals surface area contributed by atoms with E-state index in [4.69, 9.17) is 0 Å². The molecule has 0 aromatic heterocycles. The number of halogens is 1. The molecule has 1 aromatic rings. The highest BCUT2D eigenvalue weighted by atomic mass is 79.9. The van der Waals surface area contributed by atoms with Gasteiger partial charge in [0.05, 0.1) is 0 Å². The van der Waals surface area contributed by atoms with Crippen LogP contribution in [0.2, 0.25) is 0 Å². The Morgan fingerprint density at radius 1 is 1.18 bits per heavy atom. The summed E-state index contributed by atoms with van der Waals surface area (Å²) in [5, 5.41) is 3.58. The van der Waals surface area contributed by atoms with E-state index in [1.165, 1.54) is 18.4 Å². The number of rotatable bonds is 7. The lowest BCUT2D eigenvalue weighted by molar-refractivity contribution is 0.495. The van der Waals surface area contributed by atoms with Gasteiger partial charge in [0.15, 0.2) is 0 Å². The topological polar surface area (TPSA) is 12.0 Å². The van der Waals surface area contributed by atoms with Gasteiger partial charge in [-0.1, -0.05) is 41.9 Å². The van der Waals surface area contributed by atoms with E-state index in [-0.39, 0.29) is 0 Å². The molecule has 0 amide bonds. The van der Waals surface area contributed by atoms with Gasteiger partial charge in [-0.3, -0.25) is 0 Å². The van der Waals surface area contributed by atoms with Crippen LogP contribution in [0.4, 0.5) is 0 Å². The van der Waals surface area contributed by atoms with Crippen LogP contribution in [-0.2, 0) is 6.54 Å². The first kappa shape index (κ1) is 15.1. The third-order valence-electron chi connectivity index (χ3n) is 3.41. The van der Waals surface area contributed by atoms with Gasteiger partial charge in [0.25, 0.3) is 0 Å². The molecule has 0 atom stereocenters. The number of hydrogen-bond donors (Lipinski definition) is 1. The molecule has 3 heteroatoms. The van der Waals surface area contributed by atoms with Crippen molar-refractivity contribution in [3.8, 4) is 0 Å². The summed E-state index contributed by atoms with van der Waals surface area (Å²) in [5.74, 6) is 0. The predicted octanol–water partition coefficient (Wildman–Crippen LogP) is 4.46. The van der Waals surface area contributed by atoms with Crippen molar-refractivity contribution >= 4 is 27.7 Å². The lowest BCUT2D eigenvalue weighted by Crippen LogP contribution is -2.36. The van der Waals surface area contributed by atoms with E-state index < -0.39 is 0 Å². The fourth-order valence-electron chi connectivity index (χ4n) is 1.90. The van der Waals surface area contributed by atoms with Crippen molar-refractivity contribution in [3.63, 3.8) is 0 Å². The number of thioether (sulfide) groups is 1. The molecular formula is C14H22BrNS. The van der Waals surface area contributed by atoms with E-state index in [0.717, 1.165) is 17.6 Å². The first-order valence-electron chi connectivity index (χ1n) is 6.16. The molecule has 0 fully saturated rings. The normalized spacial score (nSPS) is 11.8. The fraction of sp³-hybridized carbons (Fsp3) is 0.571. The fourth-order valence-corrected chi connectivity index (χ4v) is 2.99. The Kier molecular flexibility index (Phi) is 6.60. The Labute approximate surface area is 118 Å². The van der Waals surface area contributed by atoms with Gasteiger partial charge in [-0.15, -0.1) is 0 Å². The summed E-state index contributed by atoms with van der Waals surface area (Å²) in [6.07, 6.45) is 4.66. The second-order valence-electron chi connectivity index (χ2n) is 4.32. The smallest absolute Gasteiger partial charge is 0.0276 e. The number of benzene rings is 1. The maximum Gasteiger partial charge on any atom is 0.0276 e. The molecular weight excluding hydrogens is 294 g/mol. The minimum absolute atomic E-state index is 0.398. The van der Waals surface area contributed by atoms with Gasteiger partial charge < -0.3 is 5.32 Å². The van der Waals surface area contributed by atoms with Crippen molar-refractivity contribution in [1.29, 1.82) is 0 Å². The van der Waals surface area contributed by atoms with Crippen LogP contribution in [0.5, 0.6) is 0 Å². The van der Waals surface area contributed by atoms with Crippen LogP contribution in [-0.4, -0.2) is 17.5 Å². The van der Waals surface area contributed by atoms with Gasteiger partial charge in [0.2, 0.25) is 0 Å². The Bertz CT molecular complexity index is 311. The minimum Gasteiger partial charge on any atom is -0.311 e. The summed E-state index contributed by atoms with van der Waals surface area (Å²) < 4.78 is 1.54. The van der Waals surface area contributed by atoms with Crippen LogP contribution in [0.1, 0.15) is 32.3 Å². The highest BCUT2D eigenvalue weighted by Crippen LogP contribution is 2.29. The number of nitrogens with one attached hydrogen (secondary N) is 1. The van der Waals surface area contributed by atoms with Crippen LogP contribution < -0.4 is 5.32 Å². The molecule has 0 saturated carbocycles. The van der Waals surface area contributed by atoms with E-state index >= 15 is 0 Å². The zero-order valence-corrected chi connectivity index (χ0v) is 13.3. The average molecular weight is 316 g/mol. The maximum atomic E-state index is 3.58. The lowest BCUT2D eigenvalue weighted by atomic mass is 10.0. The predicted molar refractivity (Wildman–Crippen MR) is 82.7 cm³/mol. The third-order valence-corrected chi connectivity index (χ3v) is 5.53. The molecule has 1 aromatic carbocycles. The first-order chi connectivity index (χ1) is 8.15. The molecule has 17 heavy (non-hydrogen) atoms. The molecule has 1 nitrogen and oxygen atoms in total. The van der Waals surface area contributed by atoms with Crippen molar-refractivity contribution < 1.29 is 0 Å². The molecule has 1 rings (SSSR count). The van der Waals surface area contributed by atoms with Crippen LogP contribution in [0.15, 0.2) is 28.7 Å². The van der Waals surface area contributed by atoms with Crippen molar-refractivity contribution in [1.82, 2.24) is 5.32 Å². The molecule has 0 bridgehead atoms. The molecule has 0 saturated heterocycles. The van der Waals surface area contributed by atoms with Gasteiger partial charge in [0.1, 0.15) is 0 Å². The number of hydrogen-bond acceptors (Lipinski definition) is 2. The highest BCUT2D eigenvalue weighted by molar-refractivity contribution is 9.10. The van der Waals surface area contributed by atoms with Crippen molar-refractivity contribution in [2.45, 2.75) is 38.0 Å². The van der Waals surface area contributed by atoms with Gasteiger partial charge >= 0.3 is 0 Å². The average Bonchev–Trinajstić information content (AvgIpc) is 2.38. The van der Waals surface area contributed by atoms with E-state index in [1.54, 1.807) is 0 Å². The van der Waals surface area contributed by atoms with E-state index in [2.05, 4.69) is 65.6 Å². The van der Waals surface area contributed by atoms with Gasteiger partial charge in [-0.05, 0) is 36.8 Å². The van der Waals surface area contributed by atoms with E-state index in [0.29, 0.717) is 4.75 Å². The monoisotopic (exact) mass is 315 g/mol. The lowest BCUT2D eigenvalue weighted by Gasteiger charge is -2.30. The quantitative estimate of drug-likeness (QED) is 0.797. The van der Waals surface area contributed by atoms with Crippen molar-refractivity contribution in [2.75, 3.05) is 12.8 Å². The van der Waals surface area contributed by atoms with Crippen LogP contribution in [0, 0.1) is 0 Å². The first-order valence-corrected chi connectivity index (χ1v) is 8.18. The molecule has 0 aliphatic rings. The highest BCUT2D eigenvalue weighted by Gasteiger charge is 2.23. The summed E-state index contributed by atoms with van der Waals surface area (Å²) >= 11 is 5.44. The second kappa shape index (κ2) is 7.45. The molecule has 96 valence electrons. The van der Waals surface area contributed by atoms with E-state index in [9.17, 15) is 0 Å². The van der Waals surface area contributed by atoms with Crippen LogP contribution in [0.3, 0.4) is 0 Å². The Morgan fingerprint density at radius 2 is 1.76 bits per heavy atom. The van der Waals surface area contributed by atoms with Gasteiger partial charge in [0, 0.05) is 22.3 Å². The standard InChI is InChI=1S/C14H22BrNS/c1-4-14(5-2,17-3)11-16-10-12-6-8-13(15)9-7-12/h6-9,16H,4-5,10-11H2,1-3H3. The molecule has 1 N–H and O–H groups in total. The summed E-state index contributed by atoms with van der Waals surface area (Å²) in [7, 11) is 0. The van der Waals surface area contributed by atoms with Crippen molar-refractivity contribution in [2.24, 2.45) is 0 Å². The van der Waals surface area contributed by atoms with E-state index in [1.807, 2.05) is 11.8 Å². The van der Waals surface area contributed by atoms with Crippen LogP contribution in [0.25, 0.3) is 0 Å². The van der Waals surface area contributed by atoms with Gasteiger partial charge in [-0.25, -0.2) is 0 Å². The zero-order chi connectivity index (χ0) is 12.7. The van der Waals surface area contributed by atoms with Crippen molar-refractivity contribution in [3.05, 3.63) is 34.3 Å². The third kappa shape index (κ3) is 4.65. The SMILES string of the molecule is CCC(CC)(CNCc1ccc(Br)cc1)SC. The summed E-state index contributed by atoms with van der Waals surface area (Å²) in [5.41, 5.74) is 1.34. The molecule has 0 aliphatic carbocycles. The Morgan fingerprint density at radius 3 is 2.24 bits per heavy atom. The summed E-state index contributed by atoms with van der Waals surface area (Å²) in [4.78, 5) is 0. The summed E-state index contributed by atoms with van der Waals surface area (Å²) in [6.45, 7) is 6.59. The maximum absolute atomic E-state index is 3.58. The molecule has 0 spiro atoms. The minimum atomic E-state index is 0.398.